The predicted molar refractivity (Wildman–Crippen MR) is 55.2 cm³/mol. The van der Waals surface area contributed by atoms with Crippen LogP contribution < -0.4 is 5.32 Å². The molecule has 5 heteroatoms. The molecule has 0 fully saturated rings. The molecule has 1 amide bonds. The highest BCUT2D eigenvalue weighted by molar-refractivity contribution is 6.01. The molecule has 0 bridgehead atoms. The third-order valence-corrected chi connectivity index (χ3v) is 2.68. The van der Waals surface area contributed by atoms with E-state index in [1.165, 1.54) is 6.26 Å². The molecule has 2 aromatic heterocycles. The number of nitrogens with zero attached hydrogens (tertiary/aromatic N) is 1. The van der Waals surface area contributed by atoms with E-state index in [9.17, 15) is 4.79 Å². The van der Waals surface area contributed by atoms with Crippen LogP contribution in [0.15, 0.2) is 27.3 Å². The largest absolute Gasteiger partial charge is 0.459 e. The highest BCUT2D eigenvalue weighted by atomic mass is 16.5. The highest BCUT2D eigenvalue weighted by Gasteiger charge is 2.23. The quantitative estimate of drug-likeness (QED) is 0.837. The van der Waals surface area contributed by atoms with Crippen LogP contribution in [0.5, 0.6) is 0 Å². The molecular weight excluding hydrogens is 208 g/mol. The molecule has 0 atom stereocenters. The third kappa shape index (κ3) is 1.41. The summed E-state index contributed by atoms with van der Waals surface area (Å²) < 4.78 is 10.1. The van der Waals surface area contributed by atoms with Crippen molar-refractivity contribution in [1.82, 2.24) is 5.16 Å². The first-order valence-corrected chi connectivity index (χ1v) is 5.17. The van der Waals surface area contributed by atoms with E-state index in [1.54, 1.807) is 12.1 Å². The van der Waals surface area contributed by atoms with Gasteiger partial charge < -0.3 is 8.94 Å². The summed E-state index contributed by atoms with van der Waals surface area (Å²) in [5.41, 5.74) is 1.97. The Bertz CT molecular complexity index is 513. The number of carbonyl (C=O) groups is 1. The molecule has 16 heavy (non-hydrogen) atoms. The van der Waals surface area contributed by atoms with Crippen LogP contribution in [0, 0.1) is 0 Å². The van der Waals surface area contributed by atoms with Gasteiger partial charge >= 0.3 is 0 Å². The number of anilines is 1. The van der Waals surface area contributed by atoms with E-state index in [-0.39, 0.29) is 11.7 Å². The number of nitrogens with one attached hydrogen (secondary N) is 1. The Labute approximate surface area is 91.4 Å². The summed E-state index contributed by atoms with van der Waals surface area (Å²) in [5.74, 6) is 0.410. The van der Waals surface area contributed by atoms with Gasteiger partial charge in [-0.2, -0.15) is 0 Å². The Morgan fingerprint density at radius 1 is 1.44 bits per heavy atom. The van der Waals surface area contributed by atoms with Gasteiger partial charge in [0.05, 0.1) is 12.0 Å². The normalized spacial score (nSPS) is 13.8. The van der Waals surface area contributed by atoms with E-state index in [0.29, 0.717) is 5.88 Å². The molecule has 0 saturated carbocycles. The fourth-order valence-corrected chi connectivity index (χ4v) is 1.90. The molecule has 0 aliphatic heterocycles. The summed E-state index contributed by atoms with van der Waals surface area (Å²) in [5, 5.41) is 6.57. The van der Waals surface area contributed by atoms with E-state index in [0.717, 1.165) is 30.5 Å². The number of hydrogen-bond donors (Lipinski definition) is 1. The molecule has 2 heterocycles. The minimum Gasteiger partial charge on any atom is -0.459 e. The number of hydrogen-bond acceptors (Lipinski definition) is 4. The first-order chi connectivity index (χ1) is 7.84. The molecule has 1 aliphatic rings. The molecule has 0 radical (unpaired) electrons. The first kappa shape index (κ1) is 9.21. The lowest BCUT2D eigenvalue weighted by molar-refractivity contribution is 0.0993. The minimum absolute atomic E-state index is 0.267. The topological polar surface area (TPSA) is 68.3 Å². The van der Waals surface area contributed by atoms with Gasteiger partial charge in [-0.3, -0.25) is 10.1 Å². The van der Waals surface area contributed by atoms with Crippen molar-refractivity contribution in [2.45, 2.75) is 19.3 Å². The van der Waals surface area contributed by atoms with Crippen LogP contribution in [0.1, 0.15) is 28.2 Å². The van der Waals surface area contributed by atoms with E-state index in [1.807, 2.05) is 0 Å². The molecule has 1 N–H and O–H groups in total. The van der Waals surface area contributed by atoms with Crippen molar-refractivity contribution in [3.8, 4) is 0 Å². The molecule has 3 rings (SSSR count). The van der Waals surface area contributed by atoms with Crippen LogP contribution in [-0.2, 0) is 12.8 Å². The van der Waals surface area contributed by atoms with Crippen LogP contribution in [0.3, 0.4) is 0 Å². The Morgan fingerprint density at radius 3 is 3.19 bits per heavy atom. The summed E-state index contributed by atoms with van der Waals surface area (Å²) >= 11 is 0. The number of carbonyl (C=O) groups excluding carboxylic acids is 1. The Kier molecular flexibility index (Phi) is 2.02. The summed E-state index contributed by atoms with van der Waals surface area (Å²) in [4.78, 5) is 11.7. The van der Waals surface area contributed by atoms with Gasteiger partial charge in [-0.1, -0.05) is 5.16 Å². The van der Waals surface area contributed by atoms with Crippen LogP contribution in [0.4, 0.5) is 5.88 Å². The van der Waals surface area contributed by atoms with Crippen LogP contribution in [-0.4, -0.2) is 11.1 Å². The molecular formula is C11H10N2O3. The minimum atomic E-state index is -0.309. The maximum atomic E-state index is 11.7. The monoisotopic (exact) mass is 218 g/mol. The first-order valence-electron chi connectivity index (χ1n) is 5.17. The van der Waals surface area contributed by atoms with Crippen molar-refractivity contribution in [2.75, 3.05) is 5.32 Å². The Balaban J connectivity index is 1.82. The van der Waals surface area contributed by atoms with Crippen LogP contribution in [0.25, 0.3) is 0 Å². The van der Waals surface area contributed by atoms with Gasteiger partial charge in [0.25, 0.3) is 5.91 Å². The van der Waals surface area contributed by atoms with Crippen molar-refractivity contribution in [2.24, 2.45) is 0 Å². The summed E-state index contributed by atoms with van der Waals surface area (Å²) in [6, 6.07) is 3.27. The summed E-state index contributed by atoms with van der Waals surface area (Å²) in [7, 11) is 0. The SMILES string of the molecule is O=C(Nc1onc2c1CCC2)c1ccco1. The zero-order valence-electron chi connectivity index (χ0n) is 8.53. The van der Waals surface area contributed by atoms with E-state index < -0.39 is 0 Å². The van der Waals surface area contributed by atoms with Crippen molar-refractivity contribution >= 4 is 11.8 Å². The zero-order valence-corrected chi connectivity index (χ0v) is 8.53. The standard InChI is InChI=1S/C11H10N2O3/c14-10(9-5-2-6-15-9)12-11-7-3-1-4-8(7)13-16-11/h2,5-6H,1,3-4H2,(H,12,14). The average molecular weight is 218 g/mol. The van der Waals surface area contributed by atoms with Gasteiger partial charge in [0, 0.05) is 5.56 Å². The number of aromatic nitrogens is 1. The smallest absolute Gasteiger partial charge is 0.293 e. The van der Waals surface area contributed by atoms with Crippen molar-refractivity contribution in [1.29, 1.82) is 0 Å². The predicted octanol–water partition coefficient (Wildman–Crippen LogP) is 2.01. The number of amides is 1. The number of aryl methyl sites for hydroxylation is 1. The number of rotatable bonds is 2. The molecule has 0 unspecified atom stereocenters. The molecule has 82 valence electrons. The number of fused-ring (bicyclic) bond motifs is 1. The van der Waals surface area contributed by atoms with Gasteiger partial charge in [0.15, 0.2) is 5.76 Å². The molecule has 5 nitrogen and oxygen atoms in total. The lowest BCUT2D eigenvalue weighted by Gasteiger charge is -1.99. The molecule has 0 spiro atoms. The molecule has 0 aromatic carbocycles. The summed E-state index contributed by atoms with van der Waals surface area (Å²) in [6.07, 6.45) is 4.36. The summed E-state index contributed by atoms with van der Waals surface area (Å²) in [6.45, 7) is 0. The van der Waals surface area contributed by atoms with Crippen LogP contribution >= 0.6 is 0 Å². The fraction of sp³-hybridized carbons (Fsp3) is 0.273. The van der Waals surface area contributed by atoms with Crippen molar-refractivity contribution in [3.05, 3.63) is 35.4 Å². The van der Waals surface area contributed by atoms with E-state index >= 15 is 0 Å². The van der Waals surface area contributed by atoms with Crippen molar-refractivity contribution in [3.63, 3.8) is 0 Å². The second-order valence-corrected chi connectivity index (χ2v) is 3.72. The van der Waals surface area contributed by atoms with Gasteiger partial charge in [-0.15, -0.1) is 0 Å². The second-order valence-electron chi connectivity index (χ2n) is 3.72. The molecule has 1 aliphatic carbocycles. The van der Waals surface area contributed by atoms with Gasteiger partial charge in [0.2, 0.25) is 5.88 Å². The zero-order chi connectivity index (χ0) is 11.0. The van der Waals surface area contributed by atoms with Gasteiger partial charge in [0.1, 0.15) is 0 Å². The molecule has 2 aromatic rings. The second kappa shape index (κ2) is 3.52. The van der Waals surface area contributed by atoms with Crippen molar-refractivity contribution < 1.29 is 13.7 Å². The van der Waals surface area contributed by atoms with E-state index in [2.05, 4.69) is 10.5 Å². The maximum absolute atomic E-state index is 11.7. The molecule has 0 saturated heterocycles. The van der Waals surface area contributed by atoms with E-state index in [4.69, 9.17) is 8.94 Å². The van der Waals surface area contributed by atoms with Crippen LogP contribution in [0.2, 0.25) is 0 Å². The maximum Gasteiger partial charge on any atom is 0.293 e. The Morgan fingerprint density at radius 2 is 2.38 bits per heavy atom. The van der Waals surface area contributed by atoms with Gasteiger partial charge in [-0.05, 0) is 31.4 Å². The lowest BCUT2D eigenvalue weighted by atomic mass is 10.2. The van der Waals surface area contributed by atoms with Gasteiger partial charge in [-0.25, -0.2) is 0 Å². The fourth-order valence-electron chi connectivity index (χ4n) is 1.90. The Hall–Kier alpha value is -2.04. The number of furan rings is 1. The average Bonchev–Trinajstić information content (AvgIpc) is 2.94. The highest BCUT2D eigenvalue weighted by Crippen LogP contribution is 2.28. The third-order valence-electron chi connectivity index (χ3n) is 2.68. The lowest BCUT2D eigenvalue weighted by Crippen LogP contribution is -2.11.